The highest BCUT2D eigenvalue weighted by molar-refractivity contribution is 6.35. The zero-order valence-corrected chi connectivity index (χ0v) is 11.8. The molecule has 0 aliphatic heterocycles. The first-order valence-electron chi connectivity index (χ1n) is 5.57. The molecular formula is C13H13Cl2N3O. The Balaban J connectivity index is 2.16. The van der Waals surface area contributed by atoms with Crippen LogP contribution in [0.1, 0.15) is 5.56 Å². The lowest BCUT2D eigenvalue weighted by atomic mass is 10.2. The van der Waals surface area contributed by atoms with Gasteiger partial charge in [-0.3, -0.25) is 0 Å². The maximum atomic E-state index is 6.04. The van der Waals surface area contributed by atoms with Crippen LogP contribution in [0, 0.1) is 0 Å². The monoisotopic (exact) mass is 297 g/mol. The summed E-state index contributed by atoms with van der Waals surface area (Å²) in [5, 5.41) is 4.09. The number of rotatable bonds is 4. The Morgan fingerprint density at radius 3 is 2.79 bits per heavy atom. The average molecular weight is 298 g/mol. The summed E-state index contributed by atoms with van der Waals surface area (Å²) >= 11 is 11.8. The second-order valence-corrected chi connectivity index (χ2v) is 4.75. The van der Waals surface area contributed by atoms with E-state index in [1.54, 1.807) is 19.2 Å². The van der Waals surface area contributed by atoms with E-state index in [0.717, 1.165) is 11.3 Å². The van der Waals surface area contributed by atoms with Crippen molar-refractivity contribution in [2.75, 3.05) is 18.2 Å². The van der Waals surface area contributed by atoms with Gasteiger partial charge in [-0.05, 0) is 24.3 Å². The smallest absolute Gasteiger partial charge is 0.145 e. The topological polar surface area (TPSA) is 60.2 Å². The predicted molar refractivity (Wildman–Crippen MR) is 79.0 cm³/mol. The first-order chi connectivity index (χ1) is 9.10. The summed E-state index contributed by atoms with van der Waals surface area (Å²) in [4.78, 5) is 4.12. The summed E-state index contributed by atoms with van der Waals surface area (Å²) < 4.78 is 5.27. The fourth-order valence-electron chi connectivity index (χ4n) is 1.66. The Kier molecular flexibility index (Phi) is 4.35. The zero-order valence-electron chi connectivity index (χ0n) is 10.3. The molecule has 4 nitrogen and oxygen atoms in total. The molecule has 2 aromatic rings. The van der Waals surface area contributed by atoms with E-state index in [4.69, 9.17) is 33.7 Å². The van der Waals surface area contributed by atoms with Crippen LogP contribution < -0.4 is 15.8 Å². The number of anilines is 2. The molecular weight excluding hydrogens is 285 g/mol. The SMILES string of the molecule is COc1ccc(N)cc1CNc1ncc(Cl)cc1Cl. The Bertz CT molecular complexity index is 590. The molecule has 100 valence electrons. The van der Waals surface area contributed by atoms with Gasteiger partial charge in [0.1, 0.15) is 11.6 Å². The Morgan fingerprint density at radius 1 is 1.32 bits per heavy atom. The molecule has 0 bridgehead atoms. The van der Waals surface area contributed by atoms with Gasteiger partial charge in [0.05, 0.1) is 17.2 Å². The Hall–Kier alpha value is -1.65. The fourth-order valence-corrected chi connectivity index (χ4v) is 2.11. The summed E-state index contributed by atoms with van der Waals surface area (Å²) in [5.41, 5.74) is 7.36. The first-order valence-corrected chi connectivity index (χ1v) is 6.33. The van der Waals surface area contributed by atoms with E-state index in [2.05, 4.69) is 10.3 Å². The molecule has 2 rings (SSSR count). The van der Waals surface area contributed by atoms with E-state index in [9.17, 15) is 0 Å². The van der Waals surface area contributed by atoms with Crippen molar-refractivity contribution >= 4 is 34.7 Å². The maximum absolute atomic E-state index is 6.04. The number of hydrogen-bond acceptors (Lipinski definition) is 4. The highest BCUT2D eigenvalue weighted by Gasteiger charge is 2.06. The van der Waals surface area contributed by atoms with Crippen LogP contribution in [-0.4, -0.2) is 12.1 Å². The molecule has 19 heavy (non-hydrogen) atoms. The minimum absolute atomic E-state index is 0.468. The van der Waals surface area contributed by atoms with E-state index < -0.39 is 0 Å². The quantitative estimate of drug-likeness (QED) is 0.847. The zero-order chi connectivity index (χ0) is 13.8. The van der Waals surface area contributed by atoms with Gasteiger partial charge in [-0.25, -0.2) is 4.98 Å². The molecule has 3 N–H and O–H groups in total. The molecule has 0 aliphatic carbocycles. The summed E-state index contributed by atoms with van der Waals surface area (Å²) in [5.74, 6) is 1.32. The van der Waals surface area contributed by atoms with Gasteiger partial charge in [0.15, 0.2) is 0 Å². The van der Waals surface area contributed by atoms with E-state index in [1.807, 2.05) is 12.1 Å². The first kappa shape index (κ1) is 13.8. The van der Waals surface area contributed by atoms with Crippen molar-refractivity contribution in [3.8, 4) is 5.75 Å². The number of halogens is 2. The minimum Gasteiger partial charge on any atom is -0.496 e. The highest BCUT2D eigenvalue weighted by Crippen LogP contribution is 2.25. The van der Waals surface area contributed by atoms with Gasteiger partial charge in [0.2, 0.25) is 0 Å². The van der Waals surface area contributed by atoms with E-state index in [-0.39, 0.29) is 0 Å². The van der Waals surface area contributed by atoms with Gasteiger partial charge < -0.3 is 15.8 Å². The number of aromatic nitrogens is 1. The average Bonchev–Trinajstić information content (AvgIpc) is 2.38. The van der Waals surface area contributed by atoms with Crippen molar-refractivity contribution < 1.29 is 4.74 Å². The summed E-state index contributed by atoms with van der Waals surface area (Å²) in [6, 6.07) is 7.09. The van der Waals surface area contributed by atoms with Crippen molar-refractivity contribution in [1.29, 1.82) is 0 Å². The van der Waals surface area contributed by atoms with Gasteiger partial charge in [-0.1, -0.05) is 23.2 Å². The summed E-state index contributed by atoms with van der Waals surface area (Å²) in [7, 11) is 1.61. The molecule has 0 aliphatic rings. The van der Waals surface area contributed by atoms with Crippen LogP contribution >= 0.6 is 23.2 Å². The second-order valence-electron chi connectivity index (χ2n) is 3.91. The molecule has 0 unspecified atom stereocenters. The molecule has 0 saturated carbocycles. The van der Waals surface area contributed by atoms with Gasteiger partial charge in [0.25, 0.3) is 0 Å². The number of ether oxygens (including phenoxy) is 1. The van der Waals surface area contributed by atoms with Crippen molar-refractivity contribution in [2.24, 2.45) is 0 Å². The molecule has 0 fully saturated rings. The summed E-state index contributed by atoms with van der Waals surface area (Å²) in [6.45, 7) is 0.503. The van der Waals surface area contributed by atoms with Crippen molar-refractivity contribution in [3.05, 3.63) is 46.1 Å². The summed E-state index contributed by atoms with van der Waals surface area (Å²) in [6.07, 6.45) is 1.53. The molecule has 6 heteroatoms. The lowest BCUT2D eigenvalue weighted by Crippen LogP contribution is -2.04. The van der Waals surface area contributed by atoms with E-state index in [0.29, 0.717) is 28.1 Å². The van der Waals surface area contributed by atoms with Crippen LogP contribution in [0.25, 0.3) is 0 Å². The standard InChI is InChI=1S/C13H13Cl2N3O/c1-19-12-3-2-10(16)4-8(12)6-17-13-11(15)5-9(14)7-18-13/h2-5,7H,6,16H2,1H3,(H,17,18). The molecule has 0 amide bonds. The fraction of sp³-hybridized carbons (Fsp3) is 0.154. The second kappa shape index (κ2) is 5.99. The van der Waals surface area contributed by atoms with Crippen LogP contribution in [0.5, 0.6) is 5.75 Å². The minimum atomic E-state index is 0.468. The lowest BCUT2D eigenvalue weighted by molar-refractivity contribution is 0.410. The van der Waals surface area contributed by atoms with E-state index in [1.165, 1.54) is 6.20 Å². The van der Waals surface area contributed by atoms with Crippen LogP contribution in [0.2, 0.25) is 10.0 Å². The number of benzene rings is 1. The van der Waals surface area contributed by atoms with Crippen molar-refractivity contribution in [2.45, 2.75) is 6.54 Å². The van der Waals surface area contributed by atoms with Crippen LogP contribution in [0.4, 0.5) is 11.5 Å². The predicted octanol–water partition coefficient (Wildman–Crippen LogP) is 3.59. The number of pyridine rings is 1. The van der Waals surface area contributed by atoms with Crippen molar-refractivity contribution in [3.63, 3.8) is 0 Å². The van der Waals surface area contributed by atoms with Crippen LogP contribution in [0.15, 0.2) is 30.5 Å². The number of nitrogens with one attached hydrogen (secondary N) is 1. The third-order valence-electron chi connectivity index (χ3n) is 2.56. The number of nitrogen functional groups attached to an aromatic ring is 1. The Labute approximate surface area is 121 Å². The molecule has 1 aromatic heterocycles. The third kappa shape index (κ3) is 3.43. The molecule has 0 spiro atoms. The molecule has 0 atom stereocenters. The van der Waals surface area contributed by atoms with Crippen LogP contribution in [-0.2, 0) is 6.54 Å². The molecule has 1 heterocycles. The van der Waals surface area contributed by atoms with Gasteiger partial charge >= 0.3 is 0 Å². The number of hydrogen-bond donors (Lipinski definition) is 2. The molecule has 0 radical (unpaired) electrons. The largest absolute Gasteiger partial charge is 0.496 e. The maximum Gasteiger partial charge on any atom is 0.145 e. The third-order valence-corrected chi connectivity index (χ3v) is 3.05. The number of nitrogens with zero attached hydrogens (tertiary/aromatic N) is 1. The lowest BCUT2D eigenvalue weighted by Gasteiger charge is -2.11. The highest BCUT2D eigenvalue weighted by atomic mass is 35.5. The van der Waals surface area contributed by atoms with Gasteiger partial charge in [0, 0.05) is 24.0 Å². The molecule has 0 saturated heterocycles. The van der Waals surface area contributed by atoms with Gasteiger partial charge in [-0.2, -0.15) is 0 Å². The number of nitrogens with two attached hydrogens (primary N) is 1. The van der Waals surface area contributed by atoms with E-state index >= 15 is 0 Å². The van der Waals surface area contributed by atoms with Gasteiger partial charge in [-0.15, -0.1) is 0 Å². The Morgan fingerprint density at radius 2 is 2.11 bits per heavy atom. The normalized spacial score (nSPS) is 10.3. The molecule has 1 aromatic carbocycles. The number of methoxy groups -OCH3 is 1. The van der Waals surface area contributed by atoms with Crippen LogP contribution in [0.3, 0.4) is 0 Å². The van der Waals surface area contributed by atoms with Crippen molar-refractivity contribution in [1.82, 2.24) is 4.98 Å².